The summed E-state index contributed by atoms with van der Waals surface area (Å²) in [5.74, 6) is 1.58. The average Bonchev–Trinajstić information content (AvgIpc) is 1.97. The van der Waals surface area contributed by atoms with Crippen molar-refractivity contribution in [3.63, 3.8) is 0 Å². The predicted octanol–water partition coefficient (Wildman–Crippen LogP) is 1.83. The summed E-state index contributed by atoms with van der Waals surface area (Å²) in [7, 11) is 0. The second-order valence-corrected chi connectivity index (χ2v) is 2.45. The zero-order valence-corrected chi connectivity index (χ0v) is 10.0. The van der Waals surface area contributed by atoms with E-state index in [1.54, 1.807) is 12.4 Å². The summed E-state index contributed by atoms with van der Waals surface area (Å²) >= 11 is 7.99. The number of aliphatic imine (C=N–C) groups is 2. The summed E-state index contributed by atoms with van der Waals surface area (Å²) < 4.78 is 0. The van der Waals surface area contributed by atoms with Gasteiger partial charge in [0.25, 0.3) is 0 Å². The van der Waals surface area contributed by atoms with E-state index in [1.165, 1.54) is 0 Å². The topological polar surface area (TPSA) is 24.7 Å². The largest absolute Gasteiger partial charge is 0.291 e. The van der Waals surface area contributed by atoms with Gasteiger partial charge in [-0.2, -0.15) is 25.3 Å². The van der Waals surface area contributed by atoms with E-state index in [2.05, 4.69) is 35.2 Å². The molecule has 0 amide bonds. The molecule has 0 spiro atoms. The zero-order valence-electron chi connectivity index (χ0n) is 6.59. The molecule has 0 fully saturated rings. The van der Waals surface area contributed by atoms with Crippen LogP contribution in [0.4, 0.5) is 0 Å². The average molecular weight is 249 g/mol. The number of nitrogens with zero attached hydrogens (tertiary/aromatic N) is 2. The number of halogens is 2. The SMILES string of the molecule is Cl.Cl.SCCN=CC=NCCS. The van der Waals surface area contributed by atoms with Crippen LogP contribution in [-0.4, -0.2) is 37.0 Å². The predicted molar refractivity (Wildman–Crippen MR) is 68.9 cm³/mol. The van der Waals surface area contributed by atoms with Gasteiger partial charge in [0.1, 0.15) is 0 Å². The highest BCUT2D eigenvalue weighted by atomic mass is 35.5. The van der Waals surface area contributed by atoms with Crippen molar-refractivity contribution in [2.45, 2.75) is 0 Å². The minimum absolute atomic E-state index is 0. The Morgan fingerprint density at radius 3 is 1.42 bits per heavy atom. The van der Waals surface area contributed by atoms with Gasteiger partial charge in [-0.15, -0.1) is 24.8 Å². The van der Waals surface area contributed by atoms with Crippen molar-refractivity contribution >= 4 is 62.5 Å². The lowest BCUT2D eigenvalue weighted by Crippen LogP contribution is -1.85. The lowest BCUT2D eigenvalue weighted by molar-refractivity contribution is 1.15. The normalized spacial score (nSPS) is 9.83. The van der Waals surface area contributed by atoms with E-state index in [4.69, 9.17) is 0 Å². The minimum atomic E-state index is 0. The molecule has 0 aromatic heterocycles. The lowest BCUT2D eigenvalue weighted by atomic mass is 10.7. The Hall–Kier alpha value is 0.620. The van der Waals surface area contributed by atoms with Crippen molar-refractivity contribution in [2.75, 3.05) is 24.6 Å². The maximum atomic E-state index is 3.99. The standard InChI is InChI=1S/C6H12N2S2.2ClH/c9-5-3-7-1-2-8-4-6-10;;/h1-2,9-10H,3-6H2;2*1H. The van der Waals surface area contributed by atoms with E-state index < -0.39 is 0 Å². The molecule has 0 aliphatic rings. The Kier molecular flexibility index (Phi) is 27.1. The molecule has 0 rings (SSSR count). The molecule has 0 aromatic rings. The summed E-state index contributed by atoms with van der Waals surface area (Å²) in [6.45, 7) is 1.52. The van der Waals surface area contributed by atoms with Crippen molar-refractivity contribution in [1.29, 1.82) is 0 Å². The highest BCUT2D eigenvalue weighted by Gasteiger charge is 1.71. The van der Waals surface area contributed by atoms with Crippen LogP contribution < -0.4 is 0 Å². The van der Waals surface area contributed by atoms with Crippen LogP contribution in [-0.2, 0) is 0 Å². The quantitative estimate of drug-likeness (QED) is 0.549. The smallest absolute Gasteiger partial charge is 0.0478 e. The Balaban J connectivity index is -0.000000405. The van der Waals surface area contributed by atoms with Crippen molar-refractivity contribution in [1.82, 2.24) is 0 Å². The van der Waals surface area contributed by atoms with E-state index in [9.17, 15) is 0 Å². The van der Waals surface area contributed by atoms with Gasteiger partial charge in [0.15, 0.2) is 0 Å². The fourth-order valence-corrected chi connectivity index (χ4v) is 0.590. The molecule has 6 heteroatoms. The van der Waals surface area contributed by atoms with Crippen LogP contribution in [0.3, 0.4) is 0 Å². The molecular formula is C6H14Cl2N2S2. The third-order valence-corrected chi connectivity index (χ3v) is 1.14. The molecule has 0 radical (unpaired) electrons. The molecule has 0 saturated carbocycles. The van der Waals surface area contributed by atoms with Crippen LogP contribution in [0.5, 0.6) is 0 Å². The van der Waals surface area contributed by atoms with Gasteiger partial charge in [-0.3, -0.25) is 9.98 Å². The van der Waals surface area contributed by atoms with Crippen LogP contribution in [0.1, 0.15) is 0 Å². The second kappa shape index (κ2) is 17.6. The molecule has 0 N–H and O–H groups in total. The van der Waals surface area contributed by atoms with E-state index in [0.717, 1.165) is 24.6 Å². The van der Waals surface area contributed by atoms with Crippen LogP contribution in [0.25, 0.3) is 0 Å². The molecule has 0 aliphatic carbocycles. The summed E-state index contributed by atoms with van der Waals surface area (Å²) in [5.41, 5.74) is 0. The molecular weight excluding hydrogens is 235 g/mol. The van der Waals surface area contributed by atoms with Crippen LogP contribution in [0.15, 0.2) is 9.98 Å². The molecule has 12 heavy (non-hydrogen) atoms. The van der Waals surface area contributed by atoms with Gasteiger partial charge in [-0.1, -0.05) is 0 Å². The first-order chi connectivity index (χ1) is 4.91. The Morgan fingerprint density at radius 2 is 1.17 bits per heavy atom. The fraction of sp³-hybridized carbons (Fsp3) is 0.667. The van der Waals surface area contributed by atoms with Gasteiger partial charge in [0, 0.05) is 37.0 Å². The van der Waals surface area contributed by atoms with Gasteiger partial charge >= 0.3 is 0 Å². The highest BCUT2D eigenvalue weighted by Crippen LogP contribution is 1.74. The van der Waals surface area contributed by atoms with E-state index in [0.29, 0.717) is 0 Å². The first-order valence-corrected chi connectivity index (χ1v) is 4.38. The summed E-state index contributed by atoms with van der Waals surface area (Å²) in [5, 5.41) is 0. The second-order valence-electron chi connectivity index (χ2n) is 1.56. The Bertz CT molecular complexity index is 106. The molecule has 0 saturated heterocycles. The maximum Gasteiger partial charge on any atom is 0.0478 e. The van der Waals surface area contributed by atoms with Gasteiger partial charge in [0.05, 0.1) is 0 Å². The number of hydrogen-bond donors (Lipinski definition) is 2. The van der Waals surface area contributed by atoms with E-state index >= 15 is 0 Å². The Labute approximate surface area is 97.0 Å². The number of hydrogen-bond acceptors (Lipinski definition) is 4. The summed E-state index contributed by atoms with van der Waals surface area (Å²) in [4.78, 5) is 7.97. The first-order valence-electron chi connectivity index (χ1n) is 3.11. The number of thiol groups is 2. The molecule has 2 nitrogen and oxygen atoms in total. The molecule has 0 aromatic carbocycles. The number of rotatable bonds is 5. The summed E-state index contributed by atoms with van der Waals surface area (Å²) in [6.07, 6.45) is 3.39. The third kappa shape index (κ3) is 16.9. The molecule has 0 aliphatic heterocycles. The first kappa shape index (κ1) is 18.4. The van der Waals surface area contributed by atoms with Crippen molar-refractivity contribution in [3.05, 3.63) is 0 Å². The van der Waals surface area contributed by atoms with E-state index in [-0.39, 0.29) is 24.8 Å². The molecule has 74 valence electrons. The minimum Gasteiger partial charge on any atom is -0.291 e. The van der Waals surface area contributed by atoms with Crippen LogP contribution in [0.2, 0.25) is 0 Å². The van der Waals surface area contributed by atoms with Gasteiger partial charge in [-0.25, -0.2) is 0 Å². The summed E-state index contributed by atoms with van der Waals surface area (Å²) in [6, 6.07) is 0. The third-order valence-electron chi connectivity index (χ3n) is 0.736. The maximum absolute atomic E-state index is 3.99. The van der Waals surface area contributed by atoms with Crippen LogP contribution in [0, 0.1) is 0 Å². The zero-order chi connectivity index (χ0) is 7.66. The highest BCUT2D eigenvalue weighted by molar-refractivity contribution is 7.80. The molecule has 0 heterocycles. The Morgan fingerprint density at radius 1 is 0.833 bits per heavy atom. The fourth-order valence-electron chi connectivity index (χ4n) is 0.359. The monoisotopic (exact) mass is 248 g/mol. The molecule has 0 bridgehead atoms. The van der Waals surface area contributed by atoms with Crippen LogP contribution >= 0.6 is 50.1 Å². The van der Waals surface area contributed by atoms with Gasteiger partial charge in [0.2, 0.25) is 0 Å². The van der Waals surface area contributed by atoms with Gasteiger partial charge in [-0.05, 0) is 0 Å². The molecule has 0 atom stereocenters. The van der Waals surface area contributed by atoms with Crippen molar-refractivity contribution < 1.29 is 0 Å². The lowest BCUT2D eigenvalue weighted by Gasteiger charge is -1.82. The van der Waals surface area contributed by atoms with E-state index in [1.807, 2.05) is 0 Å². The van der Waals surface area contributed by atoms with Crippen molar-refractivity contribution in [2.24, 2.45) is 9.98 Å². The van der Waals surface area contributed by atoms with Crippen molar-refractivity contribution in [3.8, 4) is 0 Å². The van der Waals surface area contributed by atoms with Gasteiger partial charge < -0.3 is 0 Å². The molecule has 0 unspecified atom stereocenters.